The first-order chi connectivity index (χ1) is 11.0. The molecule has 1 fully saturated rings. The summed E-state index contributed by atoms with van der Waals surface area (Å²) in [6.45, 7) is 6.59. The van der Waals surface area contributed by atoms with Crippen molar-refractivity contribution in [2.75, 3.05) is 25.0 Å². The van der Waals surface area contributed by atoms with Crippen molar-refractivity contribution in [3.63, 3.8) is 0 Å². The van der Waals surface area contributed by atoms with Crippen LogP contribution in [0.1, 0.15) is 20.3 Å². The zero-order valence-electron chi connectivity index (χ0n) is 13.7. The number of likely N-dealkylation sites (tertiary alicyclic amines) is 1. The number of nitrogens with one attached hydrogen (secondary N) is 1. The summed E-state index contributed by atoms with van der Waals surface area (Å²) in [6.07, 6.45) is 2.80. The lowest BCUT2D eigenvalue weighted by atomic mass is 9.90. The average Bonchev–Trinajstić information content (AvgIpc) is 2.97. The molecule has 122 valence electrons. The molecule has 0 bridgehead atoms. The minimum atomic E-state index is -0.171. The van der Waals surface area contributed by atoms with Crippen molar-refractivity contribution >= 4 is 22.5 Å². The Bertz CT molecular complexity index is 712. The van der Waals surface area contributed by atoms with Gasteiger partial charge in [-0.3, -0.25) is 14.7 Å². The topological polar surface area (TPSA) is 71.2 Å². The summed E-state index contributed by atoms with van der Waals surface area (Å²) in [5.74, 6) is 0.0163. The third kappa shape index (κ3) is 3.21. The molecule has 1 amide bonds. The van der Waals surface area contributed by atoms with E-state index in [0.717, 1.165) is 36.1 Å². The van der Waals surface area contributed by atoms with E-state index in [1.54, 1.807) is 6.20 Å². The molecule has 0 radical (unpaired) electrons. The quantitative estimate of drug-likeness (QED) is 0.908. The molecule has 2 unspecified atom stereocenters. The van der Waals surface area contributed by atoms with Gasteiger partial charge >= 0.3 is 0 Å². The molecular weight excluding hydrogens is 288 g/mol. The highest BCUT2D eigenvalue weighted by Crippen LogP contribution is 2.30. The van der Waals surface area contributed by atoms with Gasteiger partial charge in [0.1, 0.15) is 0 Å². The third-order valence-electron chi connectivity index (χ3n) is 4.91. The summed E-state index contributed by atoms with van der Waals surface area (Å²) in [7, 11) is 0. The lowest BCUT2D eigenvalue weighted by Crippen LogP contribution is -2.42. The van der Waals surface area contributed by atoms with Gasteiger partial charge in [-0.05, 0) is 56.1 Å². The van der Waals surface area contributed by atoms with Gasteiger partial charge < -0.3 is 11.1 Å². The molecule has 1 aliphatic heterocycles. The van der Waals surface area contributed by atoms with Gasteiger partial charge in [0.2, 0.25) is 5.91 Å². The fourth-order valence-electron chi connectivity index (χ4n) is 3.17. The second-order valence-electron chi connectivity index (χ2n) is 6.78. The third-order valence-corrected chi connectivity index (χ3v) is 4.91. The van der Waals surface area contributed by atoms with Gasteiger partial charge in [0.05, 0.1) is 17.2 Å². The predicted molar refractivity (Wildman–Crippen MR) is 93.2 cm³/mol. The number of carbonyl (C=O) groups excluding carboxylic acids is 1. The van der Waals surface area contributed by atoms with Crippen molar-refractivity contribution in [3.8, 4) is 0 Å². The van der Waals surface area contributed by atoms with E-state index in [-0.39, 0.29) is 17.4 Å². The number of nitrogens with two attached hydrogens (primary N) is 1. The molecule has 2 aromatic rings. The average molecular weight is 312 g/mol. The number of carbonyl (C=O) groups is 1. The summed E-state index contributed by atoms with van der Waals surface area (Å²) in [5.41, 5.74) is 7.68. The fraction of sp³-hybridized carbons (Fsp3) is 0.444. The molecule has 0 aliphatic carbocycles. The Morgan fingerprint density at radius 3 is 3.00 bits per heavy atom. The van der Waals surface area contributed by atoms with Crippen molar-refractivity contribution in [1.82, 2.24) is 9.88 Å². The van der Waals surface area contributed by atoms with Crippen LogP contribution >= 0.6 is 0 Å². The molecule has 1 aromatic carbocycles. The molecule has 2 atom stereocenters. The monoisotopic (exact) mass is 312 g/mol. The van der Waals surface area contributed by atoms with E-state index in [2.05, 4.69) is 22.1 Å². The molecule has 1 saturated heterocycles. The highest BCUT2D eigenvalue weighted by atomic mass is 16.2. The number of rotatable bonds is 4. The molecule has 3 rings (SSSR count). The fourth-order valence-corrected chi connectivity index (χ4v) is 3.17. The van der Waals surface area contributed by atoms with E-state index in [4.69, 9.17) is 5.73 Å². The van der Waals surface area contributed by atoms with E-state index < -0.39 is 0 Å². The maximum Gasteiger partial charge on any atom is 0.241 e. The molecule has 3 N–H and O–H groups in total. The van der Waals surface area contributed by atoms with E-state index in [1.807, 2.05) is 37.3 Å². The molecule has 23 heavy (non-hydrogen) atoms. The standard InChI is InChI=1S/C18H24N4O/c1-13(22-10-8-18(2,11-19)12-22)17(23)21-16-7-3-6-15-14(16)5-4-9-20-15/h3-7,9,13H,8,10-12,19H2,1-2H3,(H,21,23). The van der Waals surface area contributed by atoms with Crippen molar-refractivity contribution < 1.29 is 4.79 Å². The number of pyridine rings is 1. The van der Waals surface area contributed by atoms with Crippen LogP contribution in [0.5, 0.6) is 0 Å². The number of amides is 1. The highest BCUT2D eigenvalue weighted by Gasteiger charge is 2.36. The van der Waals surface area contributed by atoms with Gasteiger partial charge in [-0.2, -0.15) is 0 Å². The van der Waals surface area contributed by atoms with Gasteiger partial charge in [0.25, 0.3) is 0 Å². The second kappa shape index (κ2) is 6.26. The predicted octanol–water partition coefficient (Wildman–Crippen LogP) is 2.23. The van der Waals surface area contributed by atoms with Crippen LogP contribution in [0.15, 0.2) is 36.5 Å². The van der Waals surface area contributed by atoms with Crippen molar-refractivity contribution in [1.29, 1.82) is 0 Å². The van der Waals surface area contributed by atoms with E-state index in [9.17, 15) is 4.79 Å². The Hall–Kier alpha value is -1.98. The smallest absolute Gasteiger partial charge is 0.241 e. The Morgan fingerprint density at radius 1 is 1.43 bits per heavy atom. The molecule has 5 nitrogen and oxygen atoms in total. The molecule has 1 aromatic heterocycles. The van der Waals surface area contributed by atoms with Crippen molar-refractivity contribution in [3.05, 3.63) is 36.5 Å². The number of benzene rings is 1. The maximum atomic E-state index is 12.6. The number of nitrogens with zero attached hydrogens (tertiary/aromatic N) is 2. The van der Waals surface area contributed by atoms with Gasteiger partial charge in [-0.15, -0.1) is 0 Å². The SMILES string of the molecule is CC(C(=O)Nc1cccc2ncccc12)N1CCC(C)(CN)C1. The van der Waals surface area contributed by atoms with Gasteiger partial charge in [-0.25, -0.2) is 0 Å². The summed E-state index contributed by atoms with van der Waals surface area (Å²) in [5, 5.41) is 4.02. The van der Waals surface area contributed by atoms with Crippen LogP contribution in [0, 0.1) is 5.41 Å². The van der Waals surface area contributed by atoms with E-state index >= 15 is 0 Å². The minimum absolute atomic E-state index is 0.0163. The number of aromatic nitrogens is 1. The van der Waals surface area contributed by atoms with E-state index in [0.29, 0.717) is 6.54 Å². The Morgan fingerprint density at radius 2 is 2.26 bits per heavy atom. The normalized spacial score (nSPS) is 23.1. The summed E-state index contributed by atoms with van der Waals surface area (Å²) < 4.78 is 0. The van der Waals surface area contributed by atoms with Crippen LogP contribution in [0.2, 0.25) is 0 Å². The number of anilines is 1. The first-order valence-corrected chi connectivity index (χ1v) is 8.11. The van der Waals surface area contributed by atoms with Crippen LogP contribution in [-0.4, -0.2) is 41.5 Å². The number of hydrogen-bond acceptors (Lipinski definition) is 4. The Labute approximate surface area is 136 Å². The molecule has 0 saturated carbocycles. The van der Waals surface area contributed by atoms with Crippen LogP contribution in [0.25, 0.3) is 10.9 Å². The number of hydrogen-bond donors (Lipinski definition) is 2. The maximum absolute atomic E-state index is 12.6. The van der Waals surface area contributed by atoms with Crippen LogP contribution in [-0.2, 0) is 4.79 Å². The molecule has 0 spiro atoms. The lowest BCUT2D eigenvalue weighted by molar-refractivity contribution is -0.120. The first kappa shape index (κ1) is 15.9. The Kier molecular flexibility index (Phi) is 4.33. The van der Waals surface area contributed by atoms with Crippen LogP contribution in [0.4, 0.5) is 5.69 Å². The highest BCUT2D eigenvalue weighted by molar-refractivity contribution is 6.02. The zero-order chi connectivity index (χ0) is 16.4. The number of fused-ring (bicyclic) bond motifs is 1. The van der Waals surface area contributed by atoms with Crippen LogP contribution < -0.4 is 11.1 Å². The summed E-state index contributed by atoms with van der Waals surface area (Å²) in [6, 6.07) is 9.47. The van der Waals surface area contributed by atoms with Crippen molar-refractivity contribution in [2.24, 2.45) is 11.1 Å². The van der Waals surface area contributed by atoms with E-state index in [1.165, 1.54) is 0 Å². The van der Waals surface area contributed by atoms with Crippen molar-refractivity contribution in [2.45, 2.75) is 26.3 Å². The summed E-state index contributed by atoms with van der Waals surface area (Å²) in [4.78, 5) is 19.2. The molecule has 5 heteroatoms. The van der Waals surface area contributed by atoms with Gasteiger partial charge in [0.15, 0.2) is 0 Å². The summed E-state index contributed by atoms with van der Waals surface area (Å²) >= 11 is 0. The zero-order valence-corrected chi connectivity index (χ0v) is 13.7. The second-order valence-corrected chi connectivity index (χ2v) is 6.78. The molecular formula is C18H24N4O. The minimum Gasteiger partial charge on any atom is -0.330 e. The molecule has 2 heterocycles. The Balaban J connectivity index is 1.74. The lowest BCUT2D eigenvalue weighted by Gasteiger charge is -2.26. The van der Waals surface area contributed by atoms with Crippen LogP contribution in [0.3, 0.4) is 0 Å². The van der Waals surface area contributed by atoms with Gasteiger partial charge in [-0.1, -0.05) is 13.0 Å². The molecule has 1 aliphatic rings. The first-order valence-electron chi connectivity index (χ1n) is 8.11. The largest absolute Gasteiger partial charge is 0.330 e. The van der Waals surface area contributed by atoms with Gasteiger partial charge in [0, 0.05) is 18.1 Å².